The van der Waals surface area contributed by atoms with Crippen LogP contribution in [0.25, 0.3) is 0 Å². The SMILES string of the molecule is O=[N+]([O-])c1cnn(CC(O)CN2CCCC2c2ccccc2)c1. The minimum Gasteiger partial charge on any atom is -0.390 e. The average molecular weight is 316 g/mol. The van der Waals surface area contributed by atoms with Gasteiger partial charge in [0.05, 0.1) is 17.6 Å². The highest BCUT2D eigenvalue weighted by molar-refractivity contribution is 5.21. The van der Waals surface area contributed by atoms with Crippen LogP contribution in [0.5, 0.6) is 0 Å². The average Bonchev–Trinajstić information content (AvgIpc) is 3.17. The van der Waals surface area contributed by atoms with Crippen LogP contribution in [0.15, 0.2) is 42.7 Å². The van der Waals surface area contributed by atoms with Gasteiger partial charge in [-0.05, 0) is 24.9 Å². The Morgan fingerprint density at radius 1 is 1.35 bits per heavy atom. The topological polar surface area (TPSA) is 84.4 Å². The van der Waals surface area contributed by atoms with Gasteiger partial charge in [-0.2, -0.15) is 5.10 Å². The molecule has 3 rings (SSSR count). The predicted octanol–water partition coefficient (Wildman–Crippen LogP) is 1.99. The molecule has 2 atom stereocenters. The molecule has 0 spiro atoms. The van der Waals surface area contributed by atoms with Crippen LogP contribution in [0.1, 0.15) is 24.4 Å². The molecule has 7 nitrogen and oxygen atoms in total. The summed E-state index contributed by atoms with van der Waals surface area (Å²) in [5.41, 5.74) is 1.22. The van der Waals surface area contributed by atoms with Crippen LogP contribution < -0.4 is 0 Å². The highest BCUT2D eigenvalue weighted by Gasteiger charge is 2.27. The standard InChI is InChI=1S/C16H20N4O3/c21-15(12-19-10-14(9-17-19)20(22)23)11-18-8-4-7-16(18)13-5-2-1-3-6-13/h1-3,5-6,9-10,15-16,21H,4,7-8,11-12H2. The smallest absolute Gasteiger partial charge is 0.306 e. The largest absolute Gasteiger partial charge is 0.390 e. The molecular weight excluding hydrogens is 296 g/mol. The summed E-state index contributed by atoms with van der Waals surface area (Å²) in [7, 11) is 0. The number of nitro groups is 1. The zero-order chi connectivity index (χ0) is 16.2. The van der Waals surface area contributed by atoms with Crippen molar-refractivity contribution in [3.8, 4) is 0 Å². The molecule has 1 aliphatic rings. The monoisotopic (exact) mass is 316 g/mol. The highest BCUT2D eigenvalue weighted by atomic mass is 16.6. The van der Waals surface area contributed by atoms with Crippen LogP contribution in [0.2, 0.25) is 0 Å². The van der Waals surface area contributed by atoms with Gasteiger partial charge in [-0.1, -0.05) is 30.3 Å². The second kappa shape index (κ2) is 6.89. The molecule has 1 N–H and O–H groups in total. The maximum absolute atomic E-state index is 10.7. The Balaban J connectivity index is 1.60. The van der Waals surface area contributed by atoms with E-state index in [1.165, 1.54) is 22.6 Å². The van der Waals surface area contributed by atoms with Crippen molar-refractivity contribution < 1.29 is 10.0 Å². The van der Waals surface area contributed by atoms with E-state index in [-0.39, 0.29) is 12.2 Å². The van der Waals surface area contributed by atoms with Crippen LogP contribution in [0.3, 0.4) is 0 Å². The number of benzene rings is 1. The third-order valence-corrected chi connectivity index (χ3v) is 4.22. The summed E-state index contributed by atoms with van der Waals surface area (Å²) in [6, 6.07) is 10.6. The first-order valence-electron chi connectivity index (χ1n) is 7.77. The fourth-order valence-corrected chi connectivity index (χ4v) is 3.19. The van der Waals surface area contributed by atoms with E-state index in [1.54, 1.807) is 0 Å². The maximum Gasteiger partial charge on any atom is 0.306 e. The van der Waals surface area contributed by atoms with Crippen molar-refractivity contribution in [3.05, 3.63) is 58.4 Å². The number of hydrogen-bond donors (Lipinski definition) is 1. The second-order valence-electron chi connectivity index (χ2n) is 5.90. The number of aromatic nitrogens is 2. The van der Waals surface area contributed by atoms with Gasteiger partial charge in [-0.3, -0.25) is 19.7 Å². The summed E-state index contributed by atoms with van der Waals surface area (Å²) in [5.74, 6) is 0. The first-order valence-corrected chi connectivity index (χ1v) is 7.77. The van der Waals surface area contributed by atoms with E-state index in [2.05, 4.69) is 22.1 Å². The molecular formula is C16H20N4O3. The molecule has 0 aliphatic carbocycles. The quantitative estimate of drug-likeness (QED) is 0.651. The van der Waals surface area contributed by atoms with E-state index in [0.717, 1.165) is 19.4 Å². The summed E-state index contributed by atoms with van der Waals surface area (Å²) in [5, 5.41) is 24.9. The van der Waals surface area contributed by atoms with E-state index in [4.69, 9.17) is 0 Å². The minimum atomic E-state index is -0.612. The van der Waals surface area contributed by atoms with E-state index >= 15 is 0 Å². The van der Waals surface area contributed by atoms with Gasteiger partial charge in [0.1, 0.15) is 12.4 Å². The molecule has 0 bridgehead atoms. The Morgan fingerprint density at radius 2 is 2.13 bits per heavy atom. The van der Waals surface area contributed by atoms with Crippen molar-refractivity contribution in [3.63, 3.8) is 0 Å². The molecule has 1 aliphatic heterocycles. The van der Waals surface area contributed by atoms with Gasteiger partial charge < -0.3 is 5.11 Å². The van der Waals surface area contributed by atoms with Gasteiger partial charge in [-0.15, -0.1) is 0 Å². The third kappa shape index (κ3) is 3.75. The number of aliphatic hydroxyl groups is 1. The van der Waals surface area contributed by atoms with E-state index in [9.17, 15) is 15.2 Å². The van der Waals surface area contributed by atoms with Crippen molar-refractivity contribution in [2.45, 2.75) is 31.5 Å². The number of nitrogens with zero attached hydrogens (tertiary/aromatic N) is 4. The third-order valence-electron chi connectivity index (χ3n) is 4.22. The molecule has 1 aromatic carbocycles. The van der Waals surface area contributed by atoms with Crippen LogP contribution in [0, 0.1) is 10.1 Å². The number of rotatable bonds is 6. The molecule has 2 heterocycles. The van der Waals surface area contributed by atoms with Crippen molar-refractivity contribution in [1.82, 2.24) is 14.7 Å². The normalized spacial score (nSPS) is 19.8. The molecule has 0 radical (unpaired) electrons. The maximum atomic E-state index is 10.7. The van der Waals surface area contributed by atoms with Gasteiger partial charge in [0, 0.05) is 12.6 Å². The predicted molar refractivity (Wildman–Crippen MR) is 84.9 cm³/mol. The zero-order valence-corrected chi connectivity index (χ0v) is 12.8. The molecule has 0 saturated carbocycles. The molecule has 7 heteroatoms. The number of β-amino-alcohol motifs (C(OH)–C–C–N with tert-alkyl or cyclic N) is 1. The molecule has 1 fully saturated rings. The van der Waals surface area contributed by atoms with Crippen molar-refractivity contribution in [2.24, 2.45) is 0 Å². The van der Waals surface area contributed by atoms with Gasteiger partial charge >= 0.3 is 5.69 Å². The molecule has 1 saturated heterocycles. The molecule has 0 amide bonds. The van der Waals surface area contributed by atoms with Crippen LogP contribution >= 0.6 is 0 Å². The Labute approximate surface area is 134 Å². The summed E-state index contributed by atoms with van der Waals surface area (Å²) < 4.78 is 1.43. The lowest BCUT2D eigenvalue weighted by Gasteiger charge is -2.27. The van der Waals surface area contributed by atoms with Crippen LogP contribution in [0.4, 0.5) is 5.69 Å². The van der Waals surface area contributed by atoms with Gasteiger partial charge in [0.15, 0.2) is 0 Å². The van der Waals surface area contributed by atoms with Crippen molar-refractivity contribution in [1.29, 1.82) is 0 Å². The van der Waals surface area contributed by atoms with Crippen LogP contribution in [-0.2, 0) is 6.54 Å². The number of likely N-dealkylation sites (tertiary alicyclic amines) is 1. The Kier molecular flexibility index (Phi) is 4.68. The van der Waals surface area contributed by atoms with Gasteiger partial charge in [-0.25, -0.2) is 0 Å². The van der Waals surface area contributed by atoms with E-state index in [0.29, 0.717) is 12.6 Å². The first-order chi connectivity index (χ1) is 11.1. The first kappa shape index (κ1) is 15.6. The molecule has 2 aromatic rings. The van der Waals surface area contributed by atoms with Crippen molar-refractivity contribution in [2.75, 3.05) is 13.1 Å². The minimum absolute atomic E-state index is 0.0551. The lowest BCUT2D eigenvalue weighted by Crippen LogP contribution is -2.34. The Hall–Kier alpha value is -2.25. The van der Waals surface area contributed by atoms with E-state index in [1.807, 2.05) is 18.2 Å². The van der Waals surface area contributed by atoms with E-state index < -0.39 is 11.0 Å². The van der Waals surface area contributed by atoms with Gasteiger partial charge in [0.2, 0.25) is 0 Å². The Bertz CT molecular complexity index is 658. The lowest BCUT2D eigenvalue weighted by atomic mass is 10.0. The van der Waals surface area contributed by atoms with Crippen LogP contribution in [-0.4, -0.2) is 43.9 Å². The molecule has 1 aromatic heterocycles. The summed E-state index contributed by atoms with van der Waals surface area (Å²) in [6.45, 7) is 1.74. The molecule has 2 unspecified atom stereocenters. The second-order valence-corrected chi connectivity index (χ2v) is 5.90. The number of hydrogen-bond acceptors (Lipinski definition) is 5. The molecule has 23 heavy (non-hydrogen) atoms. The Morgan fingerprint density at radius 3 is 2.83 bits per heavy atom. The zero-order valence-electron chi connectivity index (χ0n) is 12.8. The summed E-state index contributed by atoms with van der Waals surface area (Å²) in [6.07, 6.45) is 4.14. The highest BCUT2D eigenvalue weighted by Crippen LogP contribution is 2.31. The van der Waals surface area contributed by atoms with Gasteiger partial charge in [0.25, 0.3) is 0 Å². The molecule has 122 valence electrons. The number of aliphatic hydroxyl groups excluding tert-OH is 1. The lowest BCUT2D eigenvalue weighted by molar-refractivity contribution is -0.385. The summed E-state index contributed by atoms with van der Waals surface area (Å²) in [4.78, 5) is 12.5. The summed E-state index contributed by atoms with van der Waals surface area (Å²) >= 11 is 0. The fourth-order valence-electron chi connectivity index (χ4n) is 3.19. The fraction of sp³-hybridized carbons (Fsp3) is 0.438. The van der Waals surface area contributed by atoms with Crippen molar-refractivity contribution >= 4 is 5.69 Å².